The Labute approximate surface area is 269 Å². The fraction of sp³-hybridized carbons (Fsp3) is 0. The second kappa shape index (κ2) is 10.9. The van der Waals surface area contributed by atoms with Crippen LogP contribution in [0, 0.1) is 0 Å². The van der Waals surface area contributed by atoms with Crippen molar-refractivity contribution in [2.75, 3.05) is 0 Å². The molecule has 0 aliphatic heterocycles. The lowest BCUT2D eigenvalue weighted by Crippen LogP contribution is -2.06. The molecule has 0 atom stereocenters. The molecule has 0 amide bonds. The first-order valence-corrected chi connectivity index (χ1v) is 16.0. The summed E-state index contributed by atoms with van der Waals surface area (Å²) in [5.74, 6) is 1.82. The van der Waals surface area contributed by atoms with Crippen molar-refractivity contribution in [1.29, 1.82) is 0 Å². The Balaban J connectivity index is 1.35. The van der Waals surface area contributed by atoms with Gasteiger partial charge in [0, 0.05) is 27.5 Å². The molecular formula is C40H25N5S. The molecule has 0 spiro atoms. The molecule has 0 radical (unpaired) electrons. The van der Waals surface area contributed by atoms with Crippen LogP contribution in [0.25, 0.3) is 82.4 Å². The van der Waals surface area contributed by atoms with Crippen LogP contribution in [0.15, 0.2) is 152 Å². The van der Waals surface area contributed by atoms with Crippen molar-refractivity contribution in [3.8, 4) is 50.4 Å². The third kappa shape index (κ3) is 4.55. The van der Waals surface area contributed by atoms with Crippen LogP contribution in [-0.2, 0) is 0 Å². The van der Waals surface area contributed by atoms with Gasteiger partial charge in [-0.15, -0.1) is 11.3 Å². The number of aromatic nitrogens is 5. The molecule has 46 heavy (non-hydrogen) atoms. The highest BCUT2D eigenvalue weighted by Gasteiger charge is 2.20. The van der Waals surface area contributed by atoms with Gasteiger partial charge < -0.3 is 0 Å². The second-order valence-corrected chi connectivity index (χ2v) is 12.2. The van der Waals surface area contributed by atoms with Crippen molar-refractivity contribution in [2.24, 2.45) is 0 Å². The van der Waals surface area contributed by atoms with Crippen molar-refractivity contribution in [3.05, 3.63) is 152 Å². The van der Waals surface area contributed by atoms with E-state index in [1.165, 1.54) is 5.56 Å². The Morgan fingerprint density at radius 2 is 0.957 bits per heavy atom. The van der Waals surface area contributed by atoms with Crippen LogP contribution in [0.2, 0.25) is 0 Å². The van der Waals surface area contributed by atoms with Crippen molar-refractivity contribution in [2.45, 2.75) is 0 Å². The van der Waals surface area contributed by atoms with Gasteiger partial charge in [-0.25, -0.2) is 9.97 Å². The highest BCUT2D eigenvalue weighted by atomic mass is 32.1. The second-order valence-electron chi connectivity index (χ2n) is 11.2. The van der Waals surface area contributed by atoms with Crippen LogP contribution in [0.3, 0.4) is 0 Å². The first-order chi connectivity index (χ1) is 22.8. The van der Waals surface area contributed by atoms with E-state index in [2.05, 4.69) is 83.4 Å². The summed E-state index contributed by atoms with van der Waals surface area (Å²) in [6.45, 7) is 0. The Bertz CT molecular complexity index is 2450. The molecule has 0 saturated heterocycles. The summed E-state index contributed by atoms with van der Waals surface area (Å²) in [6.07, 6.45) is 0. The third-order valence-corrected chi connectivity index (χ3v) is 9.36. The quantitative estimate of drug-likeness (QED) is 0.195. The Morgan fingerprint density at radius 1 is 0.413 bits per heavy atom. The van der Waals surface area contributed by atoms with Gasteiger partial charge in [-0.05, 0) is 35.4 Å². The van der Waals surface area contributed by atoms with Crippen LogP contribution in [0.4, 0.5) is 0 Å². The van der Waals surface area contributed by atoms with E-state index in [4.69, 9.17) is 19.9 Å². The Morgan fingerprint density at radius 3 is 1.57 bits per heavy atom. The molecule has 0 fully saturated rings. The topological polar surface area (TPSA) is 56.5 Å². The third-order valence-electron chi connectivity index (χ3n) is 8.29. The maximum absolute atomic E-state index is 5.11. The average molecular weight is 608 g/mol. The zero-order valence-corrected chi connectivity index (χ0v) is 25.4. The summed E-state index contributed by atoms with van der Waals surface area (Å²) in [6, 6.07) is 52.2. The standard InChI is InChI=1S/C40H25N5S/c1-5-13-26(14-6-1)30-21-22-34-31(23-30)32-24-36-33(41-39(46-36)29-19-11-4-12-20-29)25-35(32)45(34)40-43-37(27-15-7-2-8-16-27)42-38(44-40)28-17-9-3-10-18-28/h1-25H. The molecule has 0 saturated carbocycles. The number of rotatable bonds is 5. The number of fused-ring (bicyclic) bond motifs is 4. The first-order valence-electron chi connectivity index (χ1n) is 15.2. The van der Waals surface area contributed by atoms with E-state index >= 15 is 0 Å². The van der Waals surface area contributed by atoms with Crippen molar-refractivity contribution in [3.63, 3.8) is 0 Å². The van der Waals surface area contributed by atoms with Gasteiger partial charge in [0.2, 0.25) is 5.95 Å². The molecule has 0 N–H and O–H groups in total. The fourth-order valence-corrected chi connectivity index (χ4v) is 7.06. The molecular weight excluding hydrogens is 583 g/mol. The summed E-state index contributed by atoms with van der Waals surface area (Å²) < 4.78 is 3.31. The molecule has 0 aliphatic rings. The van der Waals surface area contributed by atoms with E-state index < -0.39 is 0 Å². The van der Waals surface area contributed by atoms with E-state index in [1.807, 2.05) is 72.8 Å². The maximum Gasteiger partial charge on any atom is 0.238 e. The lowest BCUT2D eigenvalue weighted by Gasteiger charge is -2.11. The smallest absolute Gasteiger partial charge is 0.238 e. The molecule has 3 heterocycles. The highest BCUT2D eigenvalue weighted by molar-refractivity contribution is 7.21. The molecule has 9 rings (SSSR count). The van der Waals surface area contributed by atoms with Crippen molar-refractivity contribution >= 4 is 43.4 Å². The van der Waals surface area contributed by atoms with Gasteiger partial charge in [0.25, 0.3) is 0 Å². The van der Waals surface area contributed by atoms with E-state index in [0.29, 0.717) is 17.6 Å². The molecule has 216 valence electrons. The van der Waals surface area contributed by atoms with Crippen LogP contribution in [0.5, 0.6) is 0 Å². The summed E-state index contributed by atoms with van der Waals surface area (Å²) in [5, 5.41) is 3.27. The number of thiazole rings is 1. The molecule has 3 aromatic heterocycles. The SMILES string of the molecule is c1ccc(-c2ccc3c(c2)c2cc4sc(-c5ccccc5)nc4cc2n3-c2nc(-c3ccccc3)nc(-c3ccccc3)n2)cc1. The first kappa shape index (κ1) is 26.4. The predicted molar refractivity (Wildman–Crippen MR) is 189 cm³/mol. The van der Waals surface area contributed by atoms with Gasteiger partial charge in [0.05, 0.1) is 21.3 Å². The van der Waals surface area contributed by atoms with Crippen LogP contribution in [-0.4, -0.2) is 24.5 Å². The summed E-state index contributed by atoms with van der Waals surface area (Å²) >= 11 is 1.72. The lowest BCUT2D eigenvalue weighted by molar-refractivity contribution is 0.954. The monoisotopic (exact) mass is 607 g/mol. The van der Waals surface area contributed by atoms with E-state index in [-0.39, 0.29) is 0 Å². The maximum atomic E-state index is 5.11. The van der Waals surface area contributed by atoms with Gasteiger partial charge in [0.15, 0.2) is 11.6 Å². The Hall–Kier alpha value is -5.98. The van der Waals surface area contributed by atoms with Crippen LogP contribution < -0.4 is 0 Å². The predicted octanol–water partition coefficient (Wildman–Crippen LogP) is 10.2. The zero-order valence-electron chi connectivity index (χ0n) is 24.6. The number of hydrogen-bond donors (Lipinski definition) is 0. The van der Waals surface area contributed by atoms with Crippen molar-refractivity contribution in [1.82, 2.24) is 24.5 Å². The van der Waals surface area contributed by atoms with Crippen LogP contribution >= 0.6 is 11.3 Å². The number of benzene rings is 6. The lowest BCUT2D eigenvalue weighted by atomic mass is 10.0. The van der Waals surface area contributed by atoms with Gasteiger partial charge in [-0.2, -0.15) is 9.97 Å². The molecule has 9 aromatic rings. The molecule has 6 aromatic carbocycles. The Kier molecular flexibility index (Phi) is 6.25. The highest BCUT2D eigenvalue weighted by Crippen LogP contribution is 2.39. The van der Waals surface area contributed by atoms with Gasteiger partial charge >= 0.3 is 0 Å². The van der Waals surface area contributed by atoms with Crippen molar-refractivity contribution < 1.29 is 0 Å². The van der Waals surface area contributed by atoms with E-state index in [9.17, 15) is 0 Å². The molecule has 0 bridgehead atoms. The minimum atomic E-state index is 0.568. The van der Waals surface area contributed by atoms with Crippen LogP contribution in [0.1, 0.15) is 0 Å². The molecule has 0 unspecified atom stereocenters. The largest absolute Gasteiger partial charge is 0.278 e. The number of hydrogen-bond acceptors (Lipinski definition) is 5. The molecule has 5 nitrogen and oxygen atoms in total. The van der Waals surface area contributed by atoms with Gasteiger partial charge in [-0.3, -0.25) is 4.57 Å². The van der Waals surface area contributed by atoms with E-state index in [0.717, 1.165) is 59.3 Å². The molecule has 6 heteroatoms. The van der Waals surface area contributed by atoms with E-state index in [1.54, 1.807) is 11.3 Å². The summed E-state index contributed by atoms with van der Waals surface area (Å²) in [7, 11) is 0. The summed E-state index contributed by atoms with van der Waals surface area (Å²) in [5.41, 5.74) is 8.30. The molecule has 0 aliphatic carbocycles. The van der Waals surface area contributed by atoms with Gasteiger partial charge in [0.1, 0.15) is 5.01 Å². The summed E-state index contributed by atoms with van der Waals surface area (Å²) in [4.78, 5) is 20.2. The normalized spacial score (nSPS) is 11.5. The van der Waals surface area contributed by atoms with Gasteiger partial charge in [-0.1, -0.05) is 127 Å². The number of nitrogens with zero attached hydrogens (tertiary/aromatic N) is 5. The average Bonchev–Trinajstić information content (AvgIpc) is 3.70. The minimum absolute atomic E-state index is 0.568. The zero-order chi connectivity index (χ0) is 30.5. The minimum Gasteiger partial charge on any atom is -0.278 e. The fourth-order valence-electron chi connectivity index (χ4n) is 6.07.